The number of carbonyl (C=O) groups excluding carboxylic acids is 3. The monoisotopic (exact) mass is 471 g/mol. The molecule has 2 saturated heterocycles. The van der Waals surface area contributed by atoms with Crippen LogP contribution in [0.2, 0.25) is 0 Å². The molecule has 3 rings (SSSR count). The predicted octanol–water partition coefficient (Wildman–Crippen LogP) is 0.884. The lowest BCUT2D eigenvalue weighted by molar-refractivity contribution is -0.150. The molecule has 10 nitrogen and oxygen atoms in total. The van der Waals surface area contributed by atoms with Gasteiger partial charge in [-0.3, -0.25) is 14.4 Å². The molecule has 2 aliphatic heterocycles. The van der Waals surface area contributed by atoms with Crippen LogP contribution in [0.4, 0.5) is 5.69 Å². The molecular formula is C19H25N3O7S2. The lowest BCUT2D eigenvalue weighted by Gasteiger charge is -2.26. The van der Waals surface area contributed by atoms with Crippen LogP contribution in [-0.4, -0.2) is 80.4 Å². The second-order valence-electron chi connectivity index (χ2n) is 7.11. The topological polar surface area (TPSA) is 122 Å². The summed E-state index contributed by atoms with van der Waals surface area (Å²) in [7, 11) is -2.39. The lowest BCUT2D eigenvalue weighted by Crippen LogP contribution is -2.35. The molecule has 0 bridgehead atoms. The maximum Gasteiger partial charge on any atom is 0.326 e. The van der Waals surface area contributed by atoms with Gasteiger partial charge in [0.15, 0.2) is 6.61 Å². The molecule has 31 heavy (non-hydrogen) atoms. The van der Waals surface area contributed by atoms with Gasteiger partial charge in [-0.2, -0.15) is 4.31 Å². The van der Waals surface area contributed by atoms with Crippen LogP contribution in [0.5, 0.6) is 5.75 Å². The maximum atomic E-state index is 13.0. The third-order valence-corrected chi connectivity index (χ3v) is 7.75. The van der Waals surface area contributed by atoms with E-state index in [0.717, 1.165) is 19.3 Å². The summed E-state index contributed by atoms with van der Waals surface area (Å²) >= 11 is 1.40. The number of amides is 2. The zero-order chi connectivity index (χ0) is 22.4. The van der Waals surface area contributed by atoms with E-state index in [1.807, 2.05) is 0 Å². The fourth-order valence-electron chi connectivity index (χ4n) is 3.29. The average Bonchev–Trinajstić information content (AvgIpc) is 3.17. The largest absolute Gasteiger partial charge is 0.495 e. The number of ether oxygens (including phenoxy) is 2. The van der Waals surface area contributed by atoms with E-state index in [1.54, 1.807) is 0 Å². The minimum Gasteiger partial charge on any atom is -0.495 e. The van der Waals surface area contributed by atoms with Crippen LogP contribution in [-0.2, 0) is 29.1 Å². The molecule has 0 aliphatic carbocycles. The SMILES string of the molecule is COc1ccc(NC(=O)COC(=O)CN2CSCC2=O)cc1S(=O)(=O)N1CCCCC1. The molecule has 2 aliphatic rings. The van der Waals surface area contributed by atoms with E-state index < -0.39 is 28.5 Å². The van der Waals surface area contributed by atoms with Crippen molar-refractivity contribution in [1.29, 1.82) is 0 Å². The van der Waals surface area contributed by atoms with E-state index in [9.17, 15) is 22.8 Å². The first-order valence-electron chi connectivity index (χ1n) is 9.80. The standard InChI is InChI=1S/C19H25N3O7S2/c1-28-15-6-5-14(9-16(15)31(26,27)22-7-3-2-4-8-22)20-17(23)11-29-19(25)10-21-13-30-12-18(21)24/h5-6,9H,2-4,7-8,10-13H2,1H3,(H,20,23). The van der Waals surface area contributed by atoms with Crippen molar-refractivity contribution in [3.63, 3.8) is 0 Å². The number of hydrogen-bond acceptors (Lipinski definition) is 8. The van der Waals surface area contributed by atoms with E-state index >= 15 is 0 Å². The van der Waals surface area contributed by atoms with Gasteiger partial charge in [-0.25, -0.2) is 8.42 Å². The lowest BCUT2D eigenvalue weighted by atomic mass is 10.2. The summed E-state index contributed by atoms with van der Waals surface area (Å²) in [5.74, 6) is -0.528. The van der Waals surface area contributed by atoms with Crippen molar-refractivity contribution in [2.24, 2.45) is 0 Å². The molecule has 0 unspecified atom stereocenters. The Balaban J connectivity index is 1.62. The Labute approximate surface area is 185 Å². The number of hydrogen-bond donors (Lipinski definition) is 1. The summed E-state index contributed by atoms with van der Waals surface area (Å²) in [4.78, 5) is 36.9. The van der Waals surface area contributed by atoms with Crippen molar-refractivity contribution in [2.75, 3.05) is 50.3 Å². The Morgan fingerprint density at radius 3 is 2.58 bits per heavy atom. The van der Waals surface area contributed by atoms with Gasteiger partial charge in [0.05, 0.1) is 18.7 Å². The van der Waals surface area contributed by atoms with Gasteiger partial charge in [-0.15, -0.1) is 11.8 Å². The number of thioether (sulfide) groups is 1. The van der Waals surface area contributed by atoms with E-state index in [0.29, 0.717) is 24.7 Å². The summed E-state index contributed by atoms with van der Waals surface area (Å²) in [5.41, 5.74) is 0.239. The number of methoxy groups -OCH3 is 1. The molecule has 0 saturated carbocycles. The number of rotatable bonds is 8. The van der Waals surface area contributed by atoms with Gasteiger partial charge in [0.2, 0.25) is 15.9 Å². The summed E-state index contributed by atoms with van der Waals surface area (Å²) in [6.45, 7) is 0.125. The van der Waals surface area contributed by atoms with Crippen LogP contribution in [0.15, 0.2) is 23.1 Å². The third-order valence-electron chi connectivity index (χ3n) is 4.89. The highest BCUT2D eigenvalue weighted by Gasteiger charge is 2.29. The van der Waals surface area contributed by atoms with Gasteiger partial charge < -0.3 is 19.7 Å². The number of carbonyl (C=O) groups is 3. The van der Waals surface area contributed by atoms with Crippen molar-refractivity contribution in [3.05, 3.63) is 18.2 Å². The first kappa shape index (κ1) is 23.4. The second-order valence-corrected chi connectivity index (χ2v) is 9.97. The Bertz CT molecular complexity index is 946. The van der Waals surface area contributed by atoms with Gasteiger partial charge in [-0.1, -0.05) is 6.42 Å². The van der Waals surface area contributed by atoms with Gasteiger partial charge in [-0.05, 0) is 31.0 Å². The summed E-state index contributed by atoms with van der Waals surface area (Å²) < 4.78 is 37.6. The first-order valence-corrected chi connectivity index (χ1v) is 12.4. The molecule has 1 aromatic rings. The highest BCUT2D eigenvalue weighted by atomic mass is 32.2. The Kier molecular flexibility index (Phi) is 7.79. The van der Waals surface area contributed by atoms with Crippen LogP contribution in [0.3, 0.4) is 0 Å². The smallest absolute Gasteiger partial charge is 0.326 e. The molecule has 0 spiro atoms. The molecule has 170 valence electrons. The predicted molar refractivity (Wildman–Crippen MR) is 114 cm³/mol. The summed E-state index contributed by atoms with van der Waals surface area (Å²) in [5, 5.41) is 2.53. The highest BCUT2D eigenvalue weighted by molar-refractivity contribution is 8.00. The van der Waals surface area contributed by atoms with Crippen molar-refractivity contribution in [3.8, 4) is 5.75 Å². The molecular weight excluding hydrogens is 446 g/mol. The fraction of sp³-hybridized carbons (Fsp3) is 0.526. The quantitative estimate of drug-likeness (QED) is 0.555. The van der Waals surface area contributed by atoms with Crippen LogP contribution in [0, 0.1) is 0 Å². The van der Waals surface area contributed by atoms with E-state index in [2.05, 4.69) is 5.32 Å². The molecule has 2 fully saturated rings. The van der Waals surface area contributed by atoms with Crippen LogP contribution in [0.25, 0.3) is 0 Å². The van der Waals surface area contributed by atoms with E-state index in [1.165, 1.54) is 46.3 Å². The minimum atomic E-state index is -3.78. The number of esters is 1. The van der Waals surface area contributed by atoms with Crippen molar-refractivity contribution < 1.29 is 32.3 Å². The number of nitrogens with zero attached hydrogens (tertiary/aromatic N) is 2. The number of sulfonamides is 1. The van der Waals surface area contributed by atoms with Gasteiger partial charge in [0.25, 0.3) is 5.91 Å². The highest BCUT2D eigenvalue weighted by Crippen LogP contribution is 2.31. The zero-order valence-electron chi connectivity index (χ0n) is 17.2. The second kappa shape index (κ2) is 10.3. The molecule has 1 aromatic carbocycles. The van der Waals surface area contributed by atoms with Crippen LogP contribution in [0.1, 0.15) is 19.3 Å². The van der Waals surface area contributed by atoms with Crippen LogP contribution < -0.4 is 10.1 Å². The number of piperidine rings is 1. The molecule has 2 heterocycles. The molecule has 12 heteroatoms. The summed E-state index contributed by atoms with van der Waals surface area (Å²) in [6, 6.07) is 4.31. The van der Waals surface area contributed by atoms with Crippen molar-refractivity contribution >= 4 is 45.3 Å². The third kappa shape index (κ3) is 5.89. The Morgan fingerprint density at radius 2 is 1.94 bits per heavy atom. The molecule has 0 radical (unpaired) electrons. The maximum absolute atomic E-state index is 13.0. The minimum absolute atomic E-state index is 0.0308. The Hall–Kier alpha value is -2.31. The van der Waals surface area contributed by atoms with Gasteiger partial charge in [0.1, 0.15) is 17.2 Å². The molecule has 2 amide bonds. The van der Waals surface area contributed by atoms with Crippen molar-refractivity contribution in [1.82, 2.24) is 9.21 Å². The van der Waals surface area contributed by atoms with Gasteiger partial charge >= 0.3 is 5.97 Å². The van der Waals surface area contributed by atoms with Gasteiger partial charge in [0, 0.05) is 18.8 Å². The van der Waals surface area contributed by atoms with Crippen molar-refractivity contribution in [2.45, 2.75) is 24.2 Å². The number of nitrogens with one attached hydrogen (secondary N) is 1. The first-order chi connectivity index (χ1) is 14.8. The summed E-state index contributed by atoms with van der Waals surface area (Å²) in [6.07, 6.45) is 2.58. The fourth-order valence-corrected chi connectivity index (χ4v) is 5.89. The van der Waals surface area contributed by atoms with E-state index in [4.69, 9.17) is 9.47 Å². The molecule has 0 aromatic heterocycles. The van der Waals surface area contributed by atoms with E-state index in [-0.39, 0.29) is 28.8 Å². The number of anilines is 1. The normalized spacial score (nSPS) is 17.5. The zero-order valence-corrected chi connectivity index (χ0v) is 18.8. The van der Waals surface area contributed by atoms with Crippen LogP contribution >= 0.6 is 11.8 Å². The molecule has 0 atom stereocenters. The number of benzene rings is 1. The molecule has 1 N–H and O–H groups in total. The average molecular weight is 472 g/mol. The Morgan fingerprint density at radius 1 is 1.19 bits per heavy atom.